The minimum Gasteiger partial charge on any atom is -0.380 e. The van der Waals surface area contributed by atoms with E-state index in [1.165, 1.54) is 6.07 Å². The number of anilines is 1. The van der Waals surface area contributed by atoms with E-state index in [1.54, 1.807) is 18.2 Å². The zero-order chi connectivity index (χ0) is 17.5. The van der Waals surface area contributed by atoms with Crippen LogP contribution >= 0.6 is 23.2 Å². The summed E-state index contributed by atoms with van der Waals surface area (Å²) in [5.41, 5.74) is 0.658. The summed E-state index contributed by atoms with van der Waals surface area (Å²) in [7, 11) is 0. The summed E-state index contributed by atoms with van der Waals surface area (Å²) >= 11 is 11.9. The second-order valence-corrected chi connectivity index (χ2v) is 5.95. The molecule has 0 aliphatic rings. The number of hydrogen-bond donors (Lipinski definition) is 2. The van der Waals surface area contributed by atoms with Crippen molar-refractivity contribution in [2.45, 2.75) is 12.8 Å². The number of hydrogen-bond acceptors (Lipinski definition) is 2. The predicted molar refractivity (Wildman–Crippen MR) is 92.6 cm³/mol. The van der Waals surface area contributed by atoms with Gasteiger partial charge in [-0.2, -0.15) is 0 Å². The third kappa shape index (κ3) is 5.35. The fourth-order valence-corrected chi connectivity index (χ4v) is 2.62. The molecule has 1 amide bonds. The molecule has 24 heavy (non-hydrogen) atoms. The minimum atomic E-state index is -0.687. The Bertz CT molecular complexity index is 705. The smallest absolute Gasteiger partial charge is 0.221 e. The first-order valence-electron chi connectivity index (χ1n) is 7.36. The van der Waals surface area contributed by atoms with Crippen molar-refractivity contribution in [3.8, 4) is 0 Å². The van der Waals surface area contributed by atoms with Crippen LogP contribution in [0.2, 0.25) is 10.0 Å². The number of amides is 1. The Morgan fingerprint density at radius 3 is 2.42 bits per heavy atom. The van der Waals surface area contributed by atoms with Gasteiger partial charge in [-0.25, -0.2) is 8.78 Å². The van der Waals surface area contributed by atoms with Crippen LogP contribution in [0.5, 0.6) is 0 Å². The average molecular weight is 373 g/mol. The molecule has 7 heteroatoms. The highest BCUT2D eigenvalue weighted by molar-refractivity contribution is 6.35. The number of nitrogens with one attached hydrogen (secondary N) is 2. The number of benzene rings is 2. The van der Waals surface area contributed by atoms with Crippen molar-refractivity contribution in [3.63, 3.8) is 0 Å². The number of rotatable bonds is 7. The predicted octanol–water partition coefficient (Wildman–Crippen LogP) is 4.43. The molecule has 2 N–H and O–H groups in total. The van der Waals surface area contributed by atoms with Gasteiger partial charge in [-0.15, -0.1) is 0 Å². The summed E-state index contributed by atoms with van der Waals surface area (Å²) in [5, 5.41) is 6.42. The number of carbonyl (C=O) groups excluding carboxylic acids is 1. The van der Waals surface area contributed by atoms with Crippen molar-refractivity contribution in [1.82, 2.24) is 5.32 Å². The molecule has 0 fully saturated rings. The van der Waals surface area contributed by atoms with Crippen LogP contribution in [0, 0.1) is 11.6 Å². The molecule has 0 aliphatic carbocycles. The van der Waals surface area contributed by atoms with Gasteiger partial charge in [0.05, 0.1) is 0 Å². The number of para-hydroxylation sites is 1. The number of halogens is 4. The van der Waals surface area contributed by atoms with Crippen LogP contribution in [0.1, 0.15) is 12.0 Å². The van der Waals surface area contributed by atoms with E-state index in [0.717, 1.165) is 17.7 Å². The SMILES string of the molecule is O=C(CCNc1c(F)cccc1F)NCCc1ccc(Cl)cc1Cl. The molecule has 0 radical (unpaired) electrons. The Kier molecular flexibility index (Phi) is 6.82. The molecule has 0 spiro atoms. The zero-order valence-electron chi connectivity index (χ0n) is 12.7. The number of carbonyl (C=O) groups is 1. The summed E-state index contributed by atoms with van der Waals surface area (Å²) in [6, 6.07) is 8.77. The Labute approximate surface area is 149 Å². The van der Waals surface area contributed by atoms with Crippen LogP contribution in [0.3, 0.4) is 0 Å². The van der Waals surface area contributed by atoms with Crippen molar-refractivity contribution in [1.29, 1.82) is 0 Å². The van der Waals surface area contributed by atoms with Crippen molar-refractivity contribution in [2.24, 2.45) is 0 Å². The molecule has 0 bridgehead atoms. The summed E-state index contributed by atoms with van der Waals surface area (Å²) in [6.07, 6.45) is 0.666. The van der Waals surface area contributed by atoms with E-state index in [2.05, 4.69) is 10.6 Å². The molecule has 0 aromatic heterocycles. The van der Waals surface area contributed by atoms with E-state index in [0.29, 0.717) is 23.0 Å². The molecule has 2 aromatic rings. The van der Waals surface area contributed by atoms with Gasteiger partial charge in [0.15, 0.2) is 0 Å². The lowest BCUT2D eigenvalue weighted by molar-refractivity contribution is -0.120. The van der Waals surface area contributed by atoms with Gasteiger partial charge in [0.2, 0.25) is 5.91 Å². The molecule has 0 atom stereocenters. The first kappa shape index (κ1) is 18.5. The maximum Gasteiger partial charge on any atom is 0.221 e. The second-order valence-electron chi connectivity index (χ2n) is 5.11. The lowest BCUT2D eigenvalue weighted by Crippen LogP contribution is -2.27. The summed E-state index contributed by atoms with van der Waals surface area (Å²) in [5.74, 6) is -1.59. The van der Waals surface area contributed by atoms with Crippen molar-refractivity contribution >= 4 is 34.8 Å². The Morgan fingerprint density at radius 1 is 1.04 bits per heavy atom. The molecular formula is C17H16Cl2F2N2O. The van der Waals surface area contributed by atoms with Crippen molar-refractivity contribution in [2.75, 3.05) is 18.4 Å². The largest absolute Gasteiger partial charge is 0.380 e. The lowest BCUT2D eigenvalue weighted by atomic mass is 10.1. The zero-order valence-corrected chi connectivity index (χ0v) is 14.2. The van der Waals surface area contributed by atoms with E-state index in [1.807, 2.05) is 0 Å². The third-order valence-electron chi connectivity index (χ3n) is 3.35. The maximum atomic E-state index is 13.4. The monoisotopic (exact) mass is 372 g/mol. The fourth-order valence-electron chi connectivity index (χ4n) is 2.12. The van der Waals surface area contributed by atoms with E-state index in [4.69, 9.17) is 23.2 Å². The van der Waals surface area contributed by atoms with Crippen molar-refractivity contribution in [3.05, 3.63) is 63.6 Å². The van der Waals surface area contributed by atoms with Gasteiger partial charge in [-0.1, -0.05) is 35.3 Å². The highest BCUT2D eigenvalue weighted by Gasteiger charge is 2.08. The fraction of sp³-hybridized carbons (Fsp3) is 0.235. The summed E-state index contributed by atoms with van der Waals surface area (Å²) < 4.78 is 26.8. The van der Waals surface area contributed by atoms with Crippen LogP contribution in [-0.4, -0.2) is 19.0 Å². The molecule has 0 saturated heterocycles. The normalized spacial score (nSPS) is 10.5. The molecule has 0 unspecified atom stereocenters. The van der Waals surface area contributed by atoms with E-state index in [9.17, 15) is 13.6 Å². The topological polar surface area (TPSA) is 41.1 Å². The van der Waals surface area contributed by atoms with E-state index < -0.39 is 11.6 Å². The average Bonchev–Trinajstić information content (AvgIpc) is 2.52. The van der Waals surface area contributed by atoms with Gasteiger partial charge in [-0.05, 0) is 36.2 Å². The maximum absolute atomic E-state index is 13.4. The molecule has 3 nitrogen and oxygen atoms in total. The van der Waals surface area contributed by atoms with Gasteiger partial charge in [0.1, 0.15) is 17.3 Å². The molecule has 0 heterocycles. The van der Waals surface area contributed by atoms with Gasteiger partial charge in [0.25, 0.3) is 0 Å². The van der Waals surface area contributed by atoms with E-state index >= 15 is 0 Å². The third-order valence-corrected chi connectivity index (χ3v) is 3.94. The molecule has 0 saturated carbocycles. The van der Waals surface area contributed by atoms with Crippen LogP contribution in [0.15, 0.2) is 36.4 Å². The summed E-state index contributed by atoms with van der Waals surface area (Å²) in [4.78, 5) is 11.7. The molecule has 128 valence electrons. The quantitative estimate of drug-likeness (QED) is 0.754. The molecule has 0 aliphatic heterocycles. The van der Waals surface area contributed by atoms with Gasteiger partial charge < -0.3 is 10.6 Å². The van der Waals surface area contributed by atoms with Gasteiger partial charge in [0, 0.05) is 29.6 Å². The highest BCUT2D eigenvalue weighted by atomic mass is 35.5. The van der Waals surface area contributed by atoms with Gasteiger partial charge >= 0.3 is 0 Å². The molecule has 2 aromatic carbocycles. The van der Waals surface area contributed by atoms with E-state index in [-0.39, 0.29) is 24.6 Å². The van der Waals surface area contributed by atoms with Gasteiger partial charge in [-0.3, -0.25) is 4.79 Å². The second kappa shape index (κ2) is 8.85. The standard InChI is InChI=1S/C17H16Cl2F2N2O/c18-12-5-4-11(13(19)10-12)6-8-22-16(24)7-9-23-17-14(20)2-1-3-15(17)21/h1-5,10,23H,6-9H2,(H,22,24). The van der Waals surface area contributed by atoms with Crippen LogP contribution in [0.25, 0.3) is 0 Å². The lowest BCUT2D eigenvalue weighted by Gasteiger charge is -2.09. The van der Waals surface area contributed by atoms with Crippen LogP contribution in [0.4, 0.5) is 14.5 Å². The van der Waals surface area contributed by atoms with Crippen LogP contribution < -0.4 is 10.6 Å². The first-order valence-corrected chi connectivity index (χ1v) is 8.11. The Morgan fingerprint density at radius 2 is 1.75 bits per heavy atom. The Hall–Kier alpha value is -1.85. The minimum absolute atomic E-state index is 0.0993. The van der Waals surface area contributed by atoms with Crippen molar-refractivity contribution < 1.29 is 13.6 Å². The molecular weight excluding hydrogens is 357 g/mol. The molecule has 2 rings (SSSR count). The Balaban J connectivity index is 1.72. The summed E-state index contributed by atoms with van der Waals surface area (Å²) in [6.45, 7) is 0.541. The highest BCUT2D eigenvalue weighted by Crippen LogP contribution is 2.21. The van der Waals surface area contributed by atoms with Crippen LogP contribution in [-0.2, 0) is 11.2 Å². The first-order chi connectivity index (χ1) is 11.5.